The second kappa shape index (κ2) is 6.45. The van der Waals surface area contributed by atoms with Gasteiger partial charge in [-0.2, -0.15) is 0 Å². The predicted molar refractivity (Wildman–Crippen MR) is 109 cm³/mol. The Morgan fingerprint density at radius 3 is 2.93 bits per heavy atom. The zero-order valence-electron chi connectivity index (χ0n) is 15.8. The lowest BCUT2D eigenvalue weighted by molar-refractivity contribution is 0.484. The third kappa shape index (κ3) is 2.93. The lowest BCUT2D eigenvalue weighted by atomic mass is 10.1. The van der Waals surface area contributed by atoms with E-state index in [1.54, 1.807) is 10.5 Å². The van der Waals surface area contributed by atoms with Gasteiger partial charge in [-0.3, -0.25) is 9.20 Å². The highest BCUT2D eigenvalue weighted by atomic mass is 16.3. The van der Waals surface area contributed by atoms with Crippen molar-refractivity contribution in [1.82, 2.24) is 19.7 Å². The van der Waals surface area contributed by atoms with Crippen molar-refractivity contribution < 1.29 is 4.42 Å². The van der Waals surface area contributed by atoms with Gasteiger partial charge in [0.2, 0.25) is 0 Å². The number of hydrogen-bond donors (Lipinski definition) is 1. The Morgan fingerprint density at radius 1 is 1.18 bits per heavy atom. The van der Waals surface area contributed by atoms with Gasteiger partial charge in [0.15, 0.2) is 11.5 Å². The number of aromatic nitrogens is 3. The standard InChI is InChI=1S/C21H21N5O2/c1-13-11-25(8-7-22-13)16-4-6-20-24-18(10-21(27)26(20)12-16)15-3-5-17-19(9-15)28-14(2)23-17/h3-6,9-10,12-13,22H,7-8,11H2,1-2H3. The molecule has 142 valence electrons. The number of rotatable bonds is 2. The normalized spacial score (nSPS) is 17.5. The van der Waals surface area contributed by atoms with Crippen molar-refractivity contribution in [3.05, 3.63) is 58.8 Å². The van der Waals surface area contributed by atoms with Crippen molar-refractivity contribution in [3.8, 4) is 11.3 Å². The molecule has 1 fully saturated rings. The third-order valence-corrected chi connectivity index (χ3v) is 5.17. The zero-order chi connectivity index (χ0) is 19.3. The maximum atomic E-state index is 12.8. The van der Waals surface area contributed by atoms with Crippen molar-refractivity contribution in [3.63, 3.8) is 0 Å². The Kier molecular flexibility index (Phi) is 3.91. The molecule has 1 atom stereocenters. The van der Waals surface area contributed by atoms with Gasteiger partial charge in [-0.25, -0.2) is 9.97 Å². The van der Waals surface area contributed by atoms with Gasteiger partial charge < -0.3 is 14.6 Å². The molecular formula is C21H21N5O2. The summed E-state index contributed by atoms with van der Waals surface area (Å²) in [5.74, 6) is 0.619. The van der Waals surface area contributed by atoms with E-state index in [1.807, 2.05) is 43.5 Å². The van der Waals surface area contributed by atoms with Gasteiger partial charge in [0.1, 0.15) is 11.2 Å². The number of anilines is 1. The molecule has 0 bridgehead atoms. The SMILES string of the molecule is Cc1nc2ccc(-c3cc(=O)n4cc(N5CCNC(C)C5)ccc4n3)cc2o1. The van der Waals surface area contributed by atoms with Crippen LogP contribution in [0, 0.1) is 6.92 Å². The summed E-state index contributed by atoms with van der Waals surface area (Å²) in [6.07, 6.45) is 1.88. The van der Waals surface area contributed by atoms with Crippen molar-refractivity contribution in [2.45, 2.75) is 19.9 Å². The minimum absolute atomic E-state index is 0.0983. The fraction of sp³-hybridized carbons (Fsp3) is 0.286. The van der Waals surface area contributed by atoms with E-state index in [0.717, 1.165) is 36.4 Å². The van der Waals surface area contributed by atoms with Crippen LogP contribution in [-0.2, 0) is 0 Å². The highest BCUT2D eigenvalue weighted by molar-refractivity contribution is 5.79. The highest BCUT2D eigenvalue weighted by Gasteiger charge is 2.17. The van der Waals surface area contributed by atoms with Crippen LogP contribution in [0.3, 0.4) is 0 Å². The molecule has 4 heterocycles. The first-order valence-corrected chi connectivity index (χ1v) is 9.46. The molecule has 1 saturated heterocycles. The van der Waals surface area contributed by atoms with Crippen LogP contribution in [0.15, 0.2) is 51.8 Å². The summed E-state index contributed by atoms with van der Waals surface area (Å²) in [5, 5.41) is 3.44. The van der Waals surface area contributed by atoms with Gasteiger partial charge in [-0.1, -0.05) is 6.07 Å². The number of aryl methyl sites for hydroxylation is 1. The monoisotopic (exact) mass is 375 g/mol. The lowest BCUT2D eigenvalue weighted by Gasteiger charge is -2.33. The number of pyridine rings is 1. The molecule has 1 aliphatic rings. The smallest absolute Gasteiger partial charge is 0.258 e. The van der Waals surface area contributed by atoms with Crippen LogP contribution in [0.1, 0.15) is 12.8 Å². The molecule has 7 nitrogen and oxygen atoms in total. The van der Waals surface area contributed by atoms with Gasteiger partial charge in [-0.05, 0) is 31.2 Å². The largest absolute Gasteiger partial charge is 0.441 e. The van der Waals surface area contributed by atoms with E-state index in [4.69, 9.17) is 9.40 Å². The highest BCUT2D eigenvalue weighted by Crippen LogP contribution is 2.24. The molecule has 4 aromatic rings. The number of benzene rings is 1. The van der Waals surface area contributed by atoms with E-state index in [-0.39, 0.29) is 5.56 Å². The van der Waals surface area contributed by atoms with Gasteiger partial charge in [0.25, 0.3) is 5.56 Å². The first-order chi connectivity index (χ1) is 13.6. The molecule has 0 radical (unpaired) electrons. The zero-order valence-corrected chi connectivity index (χ0v) is 15.8. The molecule has 28 heavy (non-hydrogen) atoms. The number of oxazole rings is 1. The fourth-order valence-electron chi connectivity index (χ4n) is 3.79. The molecule has 5 rings (SSSR count). The van der Waals surface area contributed by atoms with Gasteiger partial charge in [0, 0.05) is 50.4 Å². The molecule has 1 N–H and O–H groups in total. The van der Waals surface area contributed by atoms with Crippen LogP contribution in [-0.4, -0.2) is 40.0 Å². The fourth-order valence-corrected chi connectivity index (χ4v) is 3.79. The molecule has 3 aromatic heterocycles. The van der Waals surface area contributed by atoms with Gasteiger partial charge in [0.05, 0.1) is 11.4 Å². The number of hydrogen-bond acceptors (Lipinski definition) is 6. The predicted octanol–water partition coefficient (Wildman–Crippen LogP) is 2.61. The first kappa shape index (κ1) is 16.9. The Hall–Kier alpha value is -3.19. The Balaban J connectivity index is 1.56. The van der Waals surface area contributed by atoms with Gasteiger partial charge >= 0.3 is 0 Å². The Morgan fingerprint density at radius 2 is 2.07 bits per heavy atom. The van der Waals surface area contributed by atoms with E-state index in [9.17, 15) is 4.79 Å². The number of nitrogens with zero attached hydrogens (tertiary/aromatic N) is 4. The topological polar surface area (TPSA) is 75.7 Å². The summed E-state index contributed by atoms with van der Waals surface area (Å²) < 4.78 is 7.22. The number of piperazine rings is 1. The second-order valence-electron chi connectivity index (χ2n) is 7.31. The van der Waals surface area contributed by atoms with E-state index in [1.165, 1.54) is 0 Å². The summed E-state index contributed by atoms with van der Waals surface area (Å²) >= 11 is 0. The van der Waals surface area contributed by atoms with E-state index in [0.29, 0.717) is 28.9 Å². The summed E-state index contributed by atoms with van der Waals surface area (Å²) in [4.78, 5) is 24.1. The van der Waals surface area contributed by atoms with Crippen LogP contribution in [0.2, 0.25) is 0 Å². The van der Waals surface area contributed by atoms with Crippen molar-refractivity contribution in [2.75, 3.05) is 24.5 Å². The van der Waals surface area contributed by atoms with E-state index < -0.39 is 0 Å². The van der Waals surface area contributed by atoms with Gasteiger partial charge in [-0.15, -0.1) is 0 Å². The summed E-state index contributed by atoms with van der Waals surface area (Å²) in [6, 6.07) is 11.6. The summed E-state index contributed by atoms with van der Waals surface area (Å²) in [7, 11) is 0. The quantitative estimate of drug-likeness (QED) is 0.580. The average Bonchev–Trinajstić information content (AvgIpc) is 3.07. The Labute approximate surface area is 161 Å². The van der Waals surface area contributed by atoms with Crippen LogP contribution in [0.4, 0.5) is 5.69 Å². The Bertz CT molecular complexity index is 1240. The molecule has 7 heteroatoms. The molecule has 1 aliphatic heterocycles. The number of fused-ring (bicyclic) bond motifs is 2. The van der Waals surface area contributed by atoms with Crippen LogP contribution < -0.4 is 15.8 Å². The van der Waals surface area contributed by atoms with Crippen molar-refractivity contribution >= 4 is 22.4 Å². The van der Waals surface area contributed by atoms with Crippen molar-refractivity contribution in [2.24, 2.45) is 0 Å². The maximum absolute atomic E-state index is 12.8. The summed E-state index contributed by atoms with van der Waals surface area (Å²) in [6.45, 7) is 6.77. The molecule has 0 amide bonds. The second-order valence-corrected chi connectivity index (χ2v) is 7.31. The summed E-state index contributed by atoms with van der Waals surface area (Å²) in [5.41, 5.74) is 4.53. The minimum atomic E-state index is -0.0983. The van der Waals surface area contributed by atoms with Crippen LogP contribution in [0.25, 0.3) is 28.0 Å². The van der Waals surface area contributed by atoms with Crippen molar-refractivity contribution in [1.29, 1.82) is 0 Å². The molecule has 0 saturated carbocycles. The molecule has 1 aromatic carbocycles. The lowest BCUT2D eigenvalue weighted by Crippen LogP contribution is -2.49. The molecule has 1 unspecified atom stereocenters. The first-order valence-electron chi connectivity index (χ1n) is 9.46. The molecular weight excluding hydrogens is 354 g/mol. The van der Waals surface area contributed by atoms with Crippen LogP contribution in [0.5, 0.6) is 0 Å². The number of nitrogens with one attached hydrogen (secondary N) is 1. The van der Waals surface area contributed by atoms with Crippen LogP contribution >= 0.6 is 0 Å². The minimum Gasteiger partial charge on any atom is -0.441 e. The van der Waals surface area contributed by atoms with E-state index >= 15 is 0 Å². The van der Waals surface area contributed by atoms with E-state index in [2.05, 4.69) is 22.1 Å². The average molecular weight is 375 g/mol. The third-order valence-electron chi connectivity index (χ3n) is 5.17. The maximum Gasteiger partial charge on any atom is 0.258 e. The molecule has 0 spiro atoms. The molecule has 0 aliphatic carbocycles.